The summed E-state index contributed by atoms with van der Waals surface area (Å²) < 4.78 is 25.9. The third-order valence-electron chi connectivity index (χ3n) is 2.79. The number of hydrogen-bond acceptors (Lipinski definition) is 3. The van der Waals surface area contributed by atoms with Gasteiger partial charge in [0.25, 0.3) is 0 Å². The average Bonchev–Trinajstić information content (AvgIpc) is 3.14. The summed E-state index contributed by atoms with van der Waals surface area (Å²) in [6.07, 6.45) is 1.73. The first-order valence-corrected chi connectivity index (χ1v) is 7.11. The van der Waals surface area contributed by atoms with Crippen molar-refractivity contribution in [2.75, 3.05) is 7.05 Å². The molecule has 0 radical (unpaired) electrons. The lowest BCUT2D eigenvalue weighted by Crippen LogP contribution is -2.29. The third kappa shape index (κ3) is 2.44. The van der Waals surface area contributed by atoms with E-state index in [0.717, 1.165) is 12.8 Å². The van der Waals surface area contributed by atoms with Crippen LogP contribution in [0.25, 0.3) is 10.4 Å². The van der Waals surface area contributed by atoms with Crippen LogP contribution in [0, 0.1) is 0 Å². The number of benzene rings is 1. The van der Waals surface area contributed by atoms with Gasteiger partial charge in [-0.25, -0.2) is 8.42 Å². The van der Waals surface area contributed by atoms with Crippen molar-refractivity contribution in [1.29, 1.82) is 0 Å². The Labute approximate surface area is 110 Å². The first-order chi connectivity index (χ1) is 8.46. The lowest BCUT2D eigenvalue weighted by molar-refractivity contribution is 0.464. The number of azide groups is 1. The van der Waals surface area contributed by atoms with E-state index in [1.165, 1.54) is 29.6 Å². The highest BCUT2D eigenvalue weighted by molar-refractivity contribution is 7.89. The van der Waals surface area contributed by atoms with Gasteiger partial charge in [0.1, 0.15) is 4.90 Å². The van der Waals surface area contributed by atoms with Gasteiger partial charge < -0.3 is 0 Å². The standard InChI is InChI=1S/C10H11ClN4O2S/c1-15(8-3-4-8)18(16,17)10-6-7(13-14-12)2-5-9(10)11/h2,5-6,8H,3-4H2,1H3. The number of rotatable bonds is 4. The Balaban J connectivity index is 2.48. The Morgan fingerprint density at radius 1 is 1.50 bits per heavy atom. The largest absolute Gasteiger partial charge is 0.244 e. The van der Waals surface area contributed by atoms with Crippen molar-refractivity contribution < 1.29 is 8.42 Å². The molecule has 0 atom stereocenters. The van der Waals surface area contributed by atoms with Gasteiger partial charge in [0.05, 0.1) is 5.02 Å². The minimum Gasteiger partial charge on any atom is -0.207 e. The molecule has 0 aliphatic heterocycles. The van der Waals surface area contributed by atoms with Gasteiger partial charge in [-0.3, -0.25) is 0 Å². The molecular weight excluding hydrogens is 276 g/mol. The molecule has 0 spiro atoms. The van der Waals surface area contributed by atoms with E-state index in [2.05, 4.69) is 10.0 Å². The van der Waals surface area contributed by atoms with Crippen LogP contribution in [-0.4, -0.2) is 25.8 Å². The zero-order valence-corrected chi connectivity index (χ0v) is 11.2. The van der Waals surface area contributed by atoms with Crippen molar-refractivity contribution in [1.82, 2.24) is 4.31 Å². The summed E-state index contributed by atoms with van der Waals surface area (Å²) in [6, 6.07) is 4.22. The molecule has 6 nitrogen and oxygen atoms in total. The van der Waals surface area contributed by atoms with Crippen molar-refractivity contribution in [3.8, 4) is 0 Å². The molecule has 0 unspecified atom stereocenters. The average molecular weight is 287 g/mol. The smallest absolute Gasteiger partial charge is 0.207 e. The second-order valence-electron chi connectivity index (χ2n) is 4.06. The van der Waals surface area contributed by atoms with Crippen LogP contribution in [0.1, 0.15) is 12.8 Å². The van der Waals surface area contributed by atoms with E-state index in [1.54, 1.807) is 0 Å². The second-order valence-corrected chi connectivity index (χ2v) is 6.43. The second kappa shape index (κ2) is 4.78. The van der Waals surface area contributed by atoms with Gasteiger partial charge in [-0.15, -0.1) is 0 Å². The Kier molecular flexibility index (Phi) is 3.49. The van der Waals surface area contributed by atoms with Crippen LogP contribution in [0.3, 0.4) is 0 Å². The molecular formula is C10H11ClN4O2S. The molecule has 8 heteroatoms. The number of hydrogen-bond donors (Lipinski definition) is 0. The fourth-order valence-electron chi connectivity index (χ4n) is 1.59. The molecule has 0 heterocycles. The first-order valence-electron chi connectivity index (χ1n) is 5.29. The van der Waals surface area contributed by atoms with E-state index in [0.29, 0.717) is 0 Å². The molecule has 1 aromatic rings. The van der Waals surface area contributed by atoms with Gasteiger partial charge in [0.2, 0.25) is 10.0 Å². The van der Waals surface area contributed by atoms with E-state index in [9.17, 15) is 8.42 Å². The third-order valence-corrected chi connectivity index (χ3v) is 5.18. The van der Waals surface area contributed by atoms with Crippen LogP contribution in [0.15, 0.2) is 28.2 Å². The van der Waals surface area contributed by atoms with Crippen molar-refractivity contribution in [3.05, 3.63) is 33.7 Å². The minimum atomic E-state index is -3.63. The number of sulfonamides is 1. The minimum absolute atomic E-state index is 0.0246. The fraction of sp³-hybridized carbons (Fsp3) is 0.400. The van der Waals surface area contributed by atoms with E-state index >= 15 is 0 Å². The van der Waals surface area contributed by atoms with Crippen LogP contribution in [0.2, 0.25) is 5.02 Å². The van der Waals surface area contributed by atoms with Crippen molar-refractivity contribution >= 4 is 27.3 Å². The van der Waals surface area contributed by atoms with Crippen LogP contribution in [-0.2, 0) is 10.0 Å². The molecule has 0 aromatic heterocycles. The highest BCUT2D eigenvalue weighted by atomic mass is 35.5. The van der Waals surface area contributed by atoms with E-state index in [1.807, 2.05) is 0 Å². The number of halogens is 1. The van der Waals surface area contributed by atoms with Gasteiger partial charge in [-0.1, -0.05) is 22.8 Å². The molecule has 1 saturated carbocycles. The SMILES string of the molecule is CN(C1CC1)S(=O)(=O)c1cc(N=[N+]=[N-])ccc1Cl. The predicted molar refractivity (Wildman–Crippen MR) is 68.2 cm³/mol. The molecule has 0 N–H and O–H groups in total. The molecule has 96 valence electrons. The summed E-state index contributed by atoms with van der Waals surface area (Å²) in [6.45, 7) is 0. The lowest BCUT2D eigenvalue weighted by Gasteiger charge is -2.17. The molecule has 1 aliphatic carbocycles. The summed E-state index contributed by atoms with van der Waals surface area (Å²) >= 11 is 5.91. The van der Waals surface area contributed by atoms with Gasteiger partial charge in [-0.2, -0.15) is 4.31 Å². The van der Waals surface area contributed by atoms with Gasteiger partial charge in [0, 0.05) is 23.7 Å². The Hall–Kier alpha value is -1.27. The van der Waals surface area contributed by atoms with E-state index < -0.39 is 10.0 Å². The zero-order valence-electron chi connectivity index (χ0n) is 9.62. The first kappa shape index (κ1) is 13.2. The quantitative estimate of drug-likeness (QED) is 0.484. The molecule has 1 aliphatic rings. The molecule has 2 rings (SSSR count). The normalized spacial score (nSPS) is 15.5. The van der Waals surface area contributed by atoms with Gasteiger partial charge >= 0.3 is 0 Å². The van der Waals surface area contributed by atoms with E-state index in [4.69, 9.17) is 17.1 Å². The van der Waals surface area contributed by atoms with Crippen molar-refractivity contribution in [2.24, 2.45) is 5.11 Å². The summed E-state index contributed by atoms with van der Waals surface area (Å²) in [7, 11) is -2.10. The van der Waals surface area contributed by atoms with E-state index in [-0.39, 0.29) is 21.6 Å². The van der Waals surface area contributed by atoms with Crippen LogP contribution in [0.4, 0.5) is 5.69 Å². The van der Waals surface area contributed by atoms with Crippen LogP contribution >= 0.6 is 11.6 Å². The maximum Gasteiger partial charge on any atom is 0.244 e. The Bertz CT molecular complexity index is 621. The summed E-state index contributed by atoms with van der Waals surface area (Å²) in [5.74, 6) is 0. The van der Waals surface area contributed by atoms with Crippen LogP contribution in [0.5, 0.6) is 0 Å². The lowest BCUT2D eigenvalue weighted by atomic mass is 10.3. The number of nitrogens with zero attached hydrogens (tertiary/aromatic N) is 4. The molecule has 1 aromatic carbocycles. The maximum atomic E-state index is 12.3. The molecule has 1 fully saturated rings. The van der Waals surface area contributed by atoms with Crippen molar-refractivity contribution in [3.63, 3.8) is 0 Å². The Morgan fingerprint density at radius 3 is 2.72 bits per heavy atom. The highest BCUT2D eigenvalue weighted by Crippen LogP contribution is 2.34. The maximum absolute atomic E-state index is 12.3. The topological polar surface area (TPSA) is 86.1 Å². The van der Waals surface area contributed by atoms with Crippen LogP contribution < -0.4 is 0 Å². The molecule has 18 heavy (non-hydrogen) atoms. The van der Waals surface area contributed by atoms with Gasteiger partial charge in [0.15, 0.2) is 0 Å². The fourth-order valence-corrected chi connectivity index (χ4v) is 3.50. The Morgan fingerprint density at radius 2 is 2.17 bits per heavy atom. The molecule has 0 saturated heterocycles. The highest BCUT2D eigenvalue weighted by Gasteiger charge is 2.36. The summed E-state index contributed by atoms with van der Waals surface area (Å²) in [5.41, 5.74) is 8.58. The van der Waals surface area contributed by atoms with Crippen molar-refractivity contribution in [2.45, 2.75) is 23.8 Å². The molecule has 0 amide bonds. The molecule has 0 bridgehead atoms. The summed E-state index contributed by atoms with van der Waals surface area (Å²) in [4.78, 5) is 2.60. The van der Waals surface area contributed by atoms with Gasteiger partial charge in [-0.05, 0) is 30.5 Å². The zero-order chi connectivity index (χ0) is 13.3. The monoisotopic (exact) mass is 286 g/mol. The summed E-state index contributed by atoms with van der Waals surface area (Å²) in [5, 5.41) is 3.51. The predicted octanol–water partition coefficient (Wildman–Crippen LogP) is 3.06.